The molecule has 0 spiro atoms. The number of hydrogen-bond donors (Lipinski definition) is 1. The van der Waals surface area contributed by atoms with Gasteiger partial charge >= 0.3 is 0 Å². The van der Waals surface area contributed by atoms with E-state index in [1.54, 1.807) is 18.2 Å². The highest BCUT2D eigenvalue weighted by molar-refractivity contribution is 8.00. The third kappa shape index (κ3) is 2.92. The van der Waals surface area contributed by atoms with E-state index in [1.807, 2.05) is 6.92 Å². The van der Waals surface area contributed by atoms with Crippen LogP contribution in [0.1, 0.15) is 17.3 Å². The van der Waals surface area contributed by atoms with Crippen LogP contribution in [0.2, 0.25) is 0 Å². The van der Waals surface area contributed by atoms with E-state index in [4.69, 9.17) is 14.6 Å². The highest BCUT2D eigenvalue weighted by Crippen LogP contribution is 2.32. The minimum absolute atomic E-state index is 0.0357. The second kappa shape index (κ2) is 5.42. The summed E-state index contributed by atoms with van der Waals surface area (Å²) in [4.78, 5) is 11.9. The molecule has 0 aliphatic carbocycles. The molecule has 1 heterocycles. The fourth-order valence-corrected chi connectivity index (χ4v) is 2.13. The number of fused-ring (bicyclic) bond motifs is 1. The van der Waals surface area contributed by atoms with Crippen molar-refractivity contribution >= 4 is 17.5 Å². The number of aliphatic hydroxyl groups excluding tert-OH is 1. The van der Waals surface area contributed by atoms with Gasteiger partial charge in [0.25, 0.3) is 0 Å². The van der Waals surface area contributed by atoms with Crippen molar-refractivity contribution in [1.82, 2.24) is 0 Å². The molecule has 1 aromatic carbocycles. The predicted octanol–water partition coefficient (Wildman–Crippen LogP) is 1.71. The lowest BCUT2D eigenvalue weighted by Crippen LogP contribution is -2.09. The number of carbonyl (C=O) groups is 1. The summed E-state index contributed by atoms with van der Waals surface area (Å²) in [6.07, 6.45) is 0. The van der Waals surface area contributed by atoms with E-state index in [-0.39, 0.29) is 24.4 Å². The number of ketones is 1. The molecular formula is C12H14O4S. The number of rotatable bonds is 5. The number of ether oxygens (including phenoxy) is 2. The lowest BCUT2D eigenvalue weighted by atomic mass is 10.1. The number of benzene rings is 1. The number of aliphatic hydroxyl groups is 1. The van der Waals surface area contributed by atoms with Gasteiger partial charge in [-0.1, -0.05) is 6.92 Å². The standard InChI is InChI=1S/C12H14O4S/c1-8(5-13)17-6-10(14)9-2-3-11-12(4-9)16-7-15-11/h2-4,8,13H,5-7H2,1H3. The molecule has 92 valence electrons. The van der Waals surface area contributed by atoms with Crippen molar-refractivity contribution in [3.63, 3.8) is 0 Å². The molecule has 1 aliphatic rings. The summed E-state index contributed by atoms with van der Waals surface area (Å²) in [5, 5.41) is 8.95. The van der Waals surface area contributed by atoms with Crippen LogP contribution in [0.25, 0.3) is 0 Å². The van der Waals surface area contributed by atoms with E-state index in [0.717, 1.165) is 0 Å². The summed E-state index contributed by atoms with van der Waals surface area (Å²) in [6, 6.07) is 5.19. The van der Waals surface area contributed by atoms with Gasteiger partial charge < -0.3 is 14.6 Å². The number of Topliss-reactive ketones (excluding diaryl/α,β-unsaturated/α-hetero) is 1. The van der Waals surface area contributed by atoms with E-state index in [0.29, 0.717) is 22.8 Å². The van der Waals surface area contributed by atoms with Gasteiger partial charge in [-0.15, -0.1) is 11.8 Å². The molecule has 0 fully saturated rings. The van der Waals surface area contributed by atoms with Crippen molar-refractivity contribution in [2.45, 2.75) is 12.2 Å². The Hall–Kier alpha value is -1.20. The Morgan fingerprint density at radius 2 is 2.24 bits per heavy atom. The lowest BCUT2D eigenvalue weighted by Gasteiger charge is -2.07. The zero-order valence-corrected chi connectivity index (χ0v) is 10.3. The van der Waals surface area contributed by atoms with Crippen molar-refractivity contribution in [3.8, 4) is 11.5 Å². The topological polar surface area (TPSA) is 55.8 Å². The monoisotopic (exact) mass is 254 g/mol. The molecule has 0 saturated heterocycles. The van der Waals surface area contributed by atoms with Crippen LogP contribution < -0.4 is 9.47 Å². The molecule has 1 N–H and O–H groups in total. The van der Waals surface area contributed by atoms with E-state index in [9.17, 15) is 4.79 Å². The fourth-order valence-electron chi connectivity index (χ4n) is 1.42. The first kappa shape index (κ1) is 12.3. The molecular weight excluding hydrogens is 240 g/mol. The fraction of sp³-hybridized carbons (Fsp3) is 0.417. The molecule has 1 aliphatic heterocycles. The molecule has 1 atom stereocenters. The normalized spacial score (nSPS) is 14.7. The van der Waals surface area contributed by atoms with E-state index in [1.165, 1.54) is 11.8 Å². The predicted molar refractivity (Wildman–Crippen MR) is 65.9 cm³/mol. The molecule has 4 nitrogen and oxygen atoms in total. The van der Waals surface area contributed by atoms with Gasteiger partial charge in [0.05, 0.1) is 12.4 Å². The summed E-state index contributed by atoms with van der Waals surface area (Å²) in [6.45, 7) is 2.18. The van der Waals surface area contributed by atoms with Crippen molar-refractivity contribution < 1.29 is 19.4 Å². The Bertz CT molecular complexity index is 419. The first-order valence-corrected chi connectivity index (χ1v) is 6.41. The summed E-state index contributed by atoms with van der Waals surface area (Å²) in [5.41, 5.74) is 0.617. The molecule has 1 aromatic rings. The number of thioether (sulfide) groups is 1. The van der Waals surface area contributed by atoms with Gasteiger partial charge in [-0.25, -0.2) is 0 Å². The Morgan fingerprint density at radius 1 is 1.47 bits per heavy atom. The molecule has 0 saturated carbocycles. The van der Waals surface area contributed by atoms with Crippen LogP contribution in [-0.2, 0) is 0 Å². The van der Waals surface area contributed by atoms with E-state index in [2.05, 4.69) is 0 Å². The molecule has 0 radical (unpaired) electrons. The van der Waals surface area contributed by atoms with Crippen molar-refractivity contribution in [2.24, 2.45) is 0 Å². The molecule has 0 amide bonds. The summed E-state index contributed by atoms with van der Waals surface area (Å²) >= 11 is 1.44. The Morgan fingerprint density at radius 3 is 3.00 bits per heavy atom. The summed E-state index contributed by atoms with van der Waals surface area (Å²) in [7, 11) is 0. The minimum atomic E-state index is 0.0357. The van der Waals surface area contributed by atoms with Crippen LogP contribution in [0.3, 0.4) is 0 Å². The smallest absolute Gasteiger partial charge is 0.231 e. The molecule has 0 aromatic heterocycles. The Balaban J connectivity index is 2.00. The molecule has 2 rings (SSSR count). The Kier molecular flexibility index (Phi) is 3.91. The second-order valence-corrected chi connectivity index (χ2v) is 5.22. The van der Waals surface area contributed by atoms with Crippen molar-refractivity contribution in [2.75, 3.05) is 19.2 Å². The highest BCUT2D eigenvalue weighted by Gasteiger charge is 2.16. The van der Waals surface area contributed by atoms with E-state index >= 15 is 0 Å². The molecule has 5 heteroatoms. The zero-order valence-electron chi connectivity index (χ0n) is 9.51. The van der Waals surface area contributed by atoms with Crippen LogP contribution >= 0.6 is 11.8 Å². The largest absolute Gasteiger partial charge is 0.454 e. The van der Waals surface area contributed by atoms with Crippen LogP contribution in [0.5, 0.6) is 11.5 Å². The van der Waals surface area contributed by atoms with Crippen LogP contribution in [0, 0.1) is 0 Å². The maximum Gasteiger partial charge on any atom is 0.231 e. The van der Waals surface area contributed by atoms with Gasteiger partial charge in [-0.2, -0.15) is 0 Å². The van der Waals surface area contributed by atoms with E-state index < -0.39 is 0 Å². The Labute approximate surface area is 104 Å². The second-order valence-electron chi connectivity index (χ2n) is 3.80. The minimum Gasteiger partial charge on any atom is -0.454 e. The van der Waals surface area contributed by atoms with Crippen LogP contribution in [0.15, 0.2) is 18.2 Å². The summed E-state index contributed by atoms with van der Waals surface area (Å²) in [5.74, 6) is 1.70. The zero-order chi connectivity index (χ0) is 12.3. The van der Waals surface area contributed by atoms with Crippen LogP contribution in [-0.4, -0.2) is 35.3 Å². The van der Waals surface area contributed by atoms with Gasteiger partial charge in [0.2, 0.25) is 6.79 Å². The third-order valence-electron chi connectivity index (χ3n) is 2.45. The van der Waals surface area contributed by atoms with Gasteiger partial charge in [0.1, 0.15) is 0 Å². The first-order chi connectivity index (χ1) is 8.20. The molecule has 1 unspecified atom stereocenters. The maximum absolute atomic E-state index is 11.9. The van der Waals surface area contributed by atoms with Crippen molar-refractivity contribution in [3.05, 3.63) is 23.8 Å². The highest BCUT2D eigenvalue weighted by atomic mass is 32.2. The third-order valence-corrected chi connectivity index (χ3v) is 3.60. The maximum atomic E-state index is 11.9. The number of hydrogen-bond acceptors (Lipinski definition) is 5. The average Bonchev–Trinajstić information content (AvgIpc) is 2.82. The lowest BCUT2D eigenvalue weighted by molar-refractivity contribution is 0.102. The van der Waals surface area contributed by atoms with Gasteiger partial charge in [0, 0.05) is 10.8 Å². The van der Waals surface area contributed by atoms with Crippen LogP contribution in [0.4, 0.5) is 0 Å². The quantitative estimate of drug-likeness (QED) is 0.811. The number of carbonyl (C=O) groups excluding carboxylic acids is 1. The molecule has 0 bridgehead atoms. The van der Waals surface area contributed by atoms with Gasteiger partial charge in [-0.3, -0.25) is 4.79 Å². The first-order valence-electron chi connectivity index (χ1n) is 5.36. The summed E-state index contributed by atoms with van der Waals surface area (Å²) < 4.78 is 10.4. The average molecular weight is 254 g/mol. The van der Waals surface area contributed by atoms with Crippen molar-refractivity contribution in [1.29, 1.82) is 0 Å². The van der Waals surface area contributed by atoms with Gasteiger partial charge in [-0.05, 0) is 18.2 Å². The SMILES string of the molecule is CC(CO)SCC(=O)c1ccc2c(c1)OCO2. The molecule has 17 heavy (non-hydrogen) atoms. The van der Waals surface area contributed by atoms with Gasteiger partial charge in [0.15, 0.2) is 17.3 Å².